The highest BCUT2D eigenvalue weighted by molar-refractivity contribution is 6.05. The van der Waals surface area contributed by atoms with Crippen molar-refractivity contribution in [2.45, 2.75) is 6.92 Å². The normalized spacial score (nSPS) is 11.4. The average molecular weight is 473 g/mol. The summed E-state index contributed by atoms with van der Waals surface area (Å²) in [5.41, 5.74) is 8.04. The molecule has 0 aliphatic carbocycles. The van der Waals surface area contributed by atoms with Gasteiger partial charge in [0.1, 0.15) is 0 Å². The van der Waals surface area contributed by atoms with Gasteiger partial charge >= 0.3 is 0 Å². The third-order valence-corrected chi connectivity index (χ3v) is 7.20. The number of fused-ring (bicyclic) bond motifs is 3. The van der Waals surface area contributed by atoms with Crippen LogP contribution in [-0.4, -0.2) is 9.97 Å². The highest BCUT2D eigenvalue weighted by Crippen LogP contribution is 2.39. The van der Waals surface area contributed by atoms with E-state index < -0.39 is 0 Å². The van der Waals surface area contributed by atoms with Crippen molar-refractivity contribution in [1.29, 1.82) is 0 Å². The van der Waals surface area contributed by atoms with Gasteiger partial charge < -0.3 is 0 Å². The molecule has 1 aromatic heterocycles. The molecular weight excluding hydrogens is 448 g/mol. The van der Waals surface area contributed by atoms with Crippen LogP contribution < -0.4 is 0 Å². The number of aromatic nitrogens is 2. The number of rotatable bonds is 3. The molecule has 0 amide bonds. The van der Waals surface area contributed by atoms with E-state index in [1.807, 2.05) is 18.3 Å². The molecule has 0 aliphatic rings. The molecule has 2 heteroatoms. The molecule has 1 heterocycles. The number of aryl methyl sites for hydroxylation is 1. The molecule has 37 heavy (non-hydrogen) atoms. The second kappa shape index (κ2) is 8.69. The third kappa shape index (κ3) is 3.75. The maximum absolute atomic E-state index is 5.01. The Hall–Kier alpha value is -4.82. The van der Waals surface area contributed by atoms with Gasteiger partial charge in [0.15, 0.2) is 5.82 Å². The molecule has 0 bridgehead atoms. The monoisotopic (exact) mass is 472 g/mol. The summed E-state index contributed by atoms with van der Waals surface area (Å²) in [6.45, 7) is 2.13. The Kier molecular flexibility index (Phi) is 5.04. The van der Waals surface area contributed by atoms with Crippen LogP contribution in [0.3, 0.4) is 0 Å². The largest absolute Gasteiger partial charge is 0.236 e. The third-order valence-electron chi connectivity index (χ3n) is 7.20. The molecule has 0 unspecified atom stereocenters. The molecule has 0 saturated heterocycles. The van der Waals surface area contributed by atoms with Gasteiger partial charge in [-0.1, -0.05) is 115 Å². The smallest absolute Gasteiger partial charge is 0.161 e. The molecule has 174 valence electrons. The van der Waals surface area contributed by atoms with E-state index in [-0.39, 0.29) is 0 Å². The van der Waals surface area contributed by atoms with Crippen molar-refractivity contribution in [1.82, 2.24) is 9.97 Å². The van der Waals surface area contributed by atoms with Crippen molar-refractivity contribution in [3.8, 4) is 33.6 Å². The molecular formula is C35H24N2. The fourth-order valence-corrected chi connectivity index (χ4v) is 5.27. The molecule has 0 aliphatic heterocycles. The van der Waals surface area contributed by atoms with Gasteiger partial charge in [-0.25, -0.2) is 9.97 Å². The molecule has 0 radical (unpaired) electrons. The molecule has 0 spiro atoms. The summed E-state index contributed by atoms with van der Waals surface area (Å²) in [7, 11) is 0. The van der Waals surface area contributed by atoms with Gasteiger partial charge in [0.25, 0.3) is 0 Å². The van der Waals surface area contributed by atoms with E-state index in [0.717, 1.165) is 38.8 Å². The minimum absolute atomic E-state index is 0.748. The van der Waals surface area contributed by atoms with E-state index in [1.165, 1.54) is 32.8 Å². The first-order valence-corrected chi connectivity index (χ1v) is 12.6. The zero-order valence-corrected chi connectivity index (χ0v) is 20.5. The lowest BCUT2D eigenvalue weighted by Gasteiger charge is -2.15. The maximum Gasteiger partial charge on any atom is 0.161 e. The molecule has 7 aromatic rings. The second-order valence-corrected chi connectivity index (χ2v) is 9.57. The van der Waals surface area contributed by atoms with Gasteiger partial charge in [-0.05, 0) is 62.9 Å². The van der Waals surface area contributed by atoms with Crippen molar-refractivity contribution in [2.75, 3.05) is 0 Å². The number of hydrogen-bond acceptors (Lipinski definition) is 2. The summed E-state index contributed by atoms with van der Waals surface area (Å²) in [4.78, 5) is 9.84. The van der Waals surface area contributed by atoms with Crippen LogP contribution in [0.5, 0.6) is 0 Å². The van der Waals surface area contributed by atoms with Crippen LogP contribution >= 0.6 is 0 Å². The Balaban J connectivity index is 1.49. The van der Waals surface area contributed by atoms with Gasteiger partial charge in [-0.3, -0.25) is 0 Å². The number of hydrogen-bond donors (Lipinski definition) is 0. The Morgan fingerprint density at radius 3 is 2.11 bits per heavy atom. The minimum atomic E-state index is 0.748. The lowest BCUT2D eigenvalue weighted by molar-refractivity contribution is 1.23. The lowest BCUT2D eigenvalue weighted by Crippen LogP contribution is -1.94. The summed E-state index contributed by atoms with van der Waals surface area (Å²) >= 11 is 0. The van der Waals surface area contributed by atoms with Crippen LogP contribution in [0.25, 0.3) is 66.1 Å². The minimum Gasteiger partial charge on any atom is -0.236 e. The quantitative estimate of drug-likeness (QED) is 0.256. The van der Waals surface area contributed by atoms with Crippen molar-refractivity contribution >= 4 is 32.4 Å². The van der Waals surface area contributed by atoms with Crippen LogP contribution in [0.1, 0.15) is 5.56 Å². The first-order chi connectivity index (χ1) is 18.2. The zero-order valence-electron chi connectivity index (χ0n) is 20.5. The van der Waals surface area contributed by atoms with Crippen LogP contribution in [-0.2, 0) is 0 Å². The average Bonchev–Trinajstić information content (AvgIpc) is 2.96. The van der Waals surface area contributed by atoms with Gasteiger partial charge in [0.05, 0.1) is 5.52 Å². The summed E-state index contributed by atoms with van der Waals surface area (Å²) < 4.78 is 0. The van der Waals surface area contributed by atoms with Crippen molar-refractivity contribution in [2.24, 2.45) is 0 Å². The predicted molar refractivity (Wildman–Crippen MR) is 156 cm³/mol. The lowest BCUT2D eigenvalue weighted by atomic mass is 9.90. The second-order valence-electron chi connectivity index (χ2n) is 9.57. The SMILES string of the molecule is Cc1ccc(-c2cccc3ccc(-c4ccc5ccccc5c4-c4ncc5ccccc5n4)cc23)cc1. The highest BCUT2D eigenvalue weighted by Gasteiger charge is 2.16. The van der Waals surface area contributed by atoms with Gasteiger partial charge in [0, 0.05) is 17.1 Å². The molecule has 0 fully saturated rings. The Morgan fingerprint density at radius 1 is 0.514 bits per heavy atom. The van der Waals surface area contributed by atoms with E-state index >= 15 is 0 Å². The number of nitrogens with zero attached hydrogens (tertiary/aromatic N) is 2. The van der Waals surface area contributed by atoms with Crippen molar-refractivity contribution in [3.05, 3.63) is 133 Å². The summed E-state index contributed by atoms with van der Waals surface area (Å²) in [6, 6.07) is 43.1. The van der Waals surface area contributed by atoms with E-state index in [4.69, 9.17) is 9.97 Å². The Bertz CT molecular complexity index is 1930. The van der Waals surface area contributed by atoms with E-state index in [0.29, 0.717) is 0 Å². The number of benzene rings is 6. The standard InChI is InChI=1S/C35H24N2/c1-23-13-15-26(16-14-23)29-11-6-9-25-17-18-27(21-32(25)29)31-20-19-24-7-2-4-10-30(24)34(31)35-36-22-28-8-3-5-12-33(28)37-35/h2-22H,1H3. The molecule has 0 saturated carbocycles. The summed E-state index contributed by atoms with van der Waals surface area (Å²) in [5.74, 6) is 0.748. The topological polar surface area (TPSA) is 25.8 Å². The van der Waals surface area contributed by atoms with Crippen molar-refractivity contribution < 1.29 is 0 Å². The van der Waals surface area contributed by atoms with E-state index in [2.05, 4.69) is 116 Å². The maximum atomic E-state index is 5.01. The molecule has 0 N–H and O–H groups in total. The van der Waals surface area contributed by atoms with Crippen LogP contribution in [0, 0.1) is 6.92 Å². The van der Waals surface area contributed by atoms with Gasteiger partial charge in [0.2, 0.25) is 0 Å². The fourth-order valence-electron chi connectivity index (χ4n) is 5.27. The van der Waals surface area contributed by atoms with E-state index in [9.17, 15) is 0 Å². The van der Waals surface area contributed by atoms with Crippen LogP contribution in [0.2, 0.25) is 0 Å². The first-order valence-electron chi connectivity index (χ1n) is 12.6. The first kappa shape index (κ1) is 21.5. The van der Waals surface area contributed by atoms with E-state index in [1.54, 1.807) is 0 Å². The zero-order chi connectivity index (χ0) is 24.8. The molecule has 6 aromatic carbocycles. The molecule has 0 atom stereocenters. The summed E-state index contributed by atoms with van der Waals surface area (Å²) in [6.07, 6.45) is 1.93. The number of para-hydroxylation sites is 1. The van der Waals surface area contributed by atoms with Gasteiger partial charge in [-0.2, -0.15) is 0 Å². The van der Waals surface area contributed by atoms with Crippen LogP contribution in [0.15, 0.2) is 128 Å². The fraction of sp³-hybridized carbons (Fsp3) is 0.0286. The molecule has 7 rings (SSSR count). The molecule has 2 nitrogen and oxygen atoms in total. The van der Waals surface area contributed by atoms with Crippen LogP contribution in [0.4, 0.5) is 0 Å². The Morgan fingerprint density at radius 2 is 1.22 bits per heavy atom. The highest BCUT2D eigenvalue weighted by atomic mass is 14.9. The predicted octanol–water partition coefficient (Wildman–Crippen LogP) is 9.25. The summed E-state index contributed by atoms with van der Waals surface area (Å²) in [5, 5.41) is 5.84. The van der Waals surface area contributed by atoms with Crippen molar-refractivity contribution in [3.63, 3.8) is 0 Å². The Labute approximate surface area is 215 Å². The van der Waals surface area contributed by atoms with Gasteiger partial charge in [-0.15, -0.1) is 0 Å².